The van der Waals surface area contributed by atoms with Crippen molar-refractivity contribution in [3.8, 4) is 0 Å². The number of furan rings is 1. The highest BCUT2D eigenvalue weighted by Gasteiger charge is 2.27. The number of nitrogens with one attached hydrogen (secondary N) is 4. The molecule has 0 radical (unpaired) electrons. The van der Waals surface area contributed by atoms with E-state index in [9.17, 15) is 37.4 Å². The predicted octanol–water partition coefficient (Wildman–Crippen LogP) is 9.77. The van der Waals surface area contributed by atoms with E-state index in [2.05, 4.69) is 64.7 Å². The maximum absolute atomic E-state index is 13.3. The standard InChI is InChI=1S/C21H24N5O6P.C17H19N6O4P.2C17H22N5O4P/c1-15-7-8-17(32-15)12-31-33(28,30-11-16-5-3-2-4-6-16)14-29-10-9-26-13-23-18-19(26)24-21(22)25-20(18)27;1-19-13-5-3-12(4-6-13)9-27-28(2,25)11-26-8-7-23-10-20-14-15(23)21-17(18)22-16(14)24;2*1-12-3-5-13(6-4-12)9-26-27(2,24)11-25-8-7-22-10-19-14-15(22)20-17(18)21-16(14)23/h2-8,13H,9-12,14H2,1H3,(H3,22,24,25,27);3-6,10H,7-9,11H2,2H3,(H3,18,21,22,24);2*3-6,10H,7-9,11H2,1-2H3,(H3,18,20,21,23). The van der Waals surface area contributed by atoms with Crippen LogP contribution in [-0.4, -0.2) is 150 Å². The van der Waals surface area contributed by atoms with E-state index in [1.807, 2.05) is 99.6 Å². The summed E-state index contributed by atoms with van der Waals surface area (Å²) in [6.45, 7) is 20.6. The van der Waals surface area contributed by atoms with Crippen molar-refractivity contribution in [2.45, 2.75) is 80.0 Å². The minimum Gasteiger partial charge on any atom is -0.464 e. The van der Waals surface area contributed by atoms with E-state index < -0.39 is 40.8 Å². The average molecular weight is 1660 g/mol. The molecule has 4 aromatic carbocycles. The zero-order valence-corrected chi connectivity index (χ0v) is 67.1. The molecule has 0 bridgehead atoms. The largest absolute Gasteiger partial charge is 0.464 e. The Labute approximate surface area is 656 Å². The van der Waals surface area contributed by atoms with Crippen LogP contribution in [0.1, 0.15) is 44.9 Å². The van der Waals surface area contributed by atoms with Gasteiger partial charge in [0.2, 0.25) is 45.9 Å². The minimum atomic E-state index is -3.61. The first kappa shape index (κ1) is 86.2. The molecule has 0 spiro atoms. The number of aryl methyl sites for hydroxylation is 3. The van der Waals surface area contributed by atoms with Crippen LogP contribution in [0.3, 0.4) is 0 Å². The molecule has 115 heavy (non-hydrogen) atoms. The molecule has 608 valence electrons. The third-order valence-electron chi connectivity index (χ3n) is 16.4. The summed E-state index contributed by atoms with van der Waals surface area (Å²) >= 11 is 0. The maximum atomic E-state index is 13.3. The van der Waals surface area contributed by atoms with Gasteiger partial charge in [-0.15, -0.1) is 0 Å². The van der Waals surface area contributed by atoms with Gasteiger partial charge < -0.3 is 82.7 Å². The van der Waals surface area contributed by atoms with Crippen molar-refractivity contribution in [3.63, 3.8) is 0 Å². The number of rotatable bonds is 35. The number of benzene rings is 4. The maximum Gasteiger partial charge on any atom is 0.356 e. The number of imidazole rings is 4. The molecule has 0 saturated heterocycles. The molecule has 4 unspecified atom stereocenters. The van der Waals surface area contributed by atoms with Gasteiger partial charge in [0.05, 0.1) is 84.7 Å². The summed E-state index contributed by atoms with van der Waals surface area (Å²) in [7, 11) is -12.3. The van der Waals surface area contributed by atoms with E-state index in [-0.39, 0.29) is 142 Å². The lowest BCUT2D eigenvalue weighted by atomic mass is 10.2. The highest BCUT2D eigenvalue weighted by molar-refractivity contribution is 7.58. The van der Waals surface area contributed by atoms with Crippen molar-refractivity contribution in [1.82, 2.24) is 78.1 Å². The number of nitrogens with zero attached hydrogens (tertiary/aromatic N) is 13. The SMILES string of the molecule is Cc1ccc(COP(=O)(COCCn2cnc3c(=O)[nH]c(N)nc32)OCc2ccccc2)o1.Cc1ccc(COP(C)(=O)COCCn2cnc3c(=O)[nH]c(N)nc32)cc1.Cc1ccc(COP(C)(=O)COCCn2cnc3c(=O)[nH]c(N)nc32)cc1.[C-]#[N+]c1ccc(COP(C)(=O)COCCn2cnc3c(=O)[nH]c(N)nc32)cc1. The molecular weight excluding hydrogens is 1570 g/mol. The molecule has 0 saturated carbocycles. The van der Waals surface area contributed by atoms with Crippen molar-refractivity contribution < 1.29 is 64.2 Å². The molecule has 4 atom stereocenters. The number of hydrogen-bond acceptors (Lipinski definition) is 30. The highest BCUT2D eigenvalue weighted by Crippen LogP contribution is 2.50. The second kappa shape index (κ2) is 40.2. The van der Waals surface area contributed by atoms with Gasteiger partial charge in [-0.05, 0) is 55.2 Å². The number of nitrogens with two attached hydrogens (primary N) is 4. The highest BCUT2D eigenvalue weighted by atomic mass is 31.2. The van der Waals surface area contributed by atoms with Crippen LogP contribution in [0.2, 0.25) is 0 Å². The molecule has 0 fully saturated rings. The normalized spacial score (nSPS) is 13.5. The lowest BCUT2D eigenvalue weighted by Gasteiger charge is -2.18. The molecule has 0 amide bonds. The monoisotopic (exact) mass is 1660 g/mol. The van der Waals surface area contributed by atoms with Gasteiger partial charge in [0.25, 0.3) is 22.2 Å². The molecule has 9 aromatic heterocycles. The molecule has 13 aromatic rings. The first-order valence-electron chi connectivity index (χ1n) is 35.3. The Morgan fingerprint density at radius 1 is 0.400 bits per heavy atom. The Bertz CT molecular complexity index is 5750. The molecule has 13 rings (SSSR count). The summed E-state index contributed by atoms with van der Waals surface area (Å²) in [4.78, 5) is 92.5. The number of aromatic nitrogens is 16. The fourth-order valence-electron chi connectivity index (χ4n) is 10.4. The third-order valence-corrected chi connectivity index (χ3v) is 21.9. The number of ether oxygens (including phenoxy) is 4. The third kappa shape index (κ3) is 26.2. The van der Waals surface area contributed by atoms with Gasteiger partial charge in [0.1, 0.15) is 43.5 Å². The average Bonchev–Trinajstić information content (AvgIpc) is 1.66. The van der Waals surface area contributed by atoms with Crippen LogP contribution in [0, 0.1) is 27.3 Å². The number of hydrogen-bond donors (Lipinski definition) is 8. The Balaban J connectivity index is 0.000000163. The second-order valence-corrected chi connectivity index (χ2v) is 35.8. The van der Waals surface area contributed by atoms with Crippen LogP contribution in [0.15, 0.2) is 164 Å². The summed E-state index contributed by atoms with van der Waals surface area (Å²) in [5, 5.41) is 0. The number of fused-ring (bicyclic) bond motifs is 4. The Kier molecular flexibility index (Phi) is 30.1. The smallest absolute Gasteiger partial charge is 0.356 e. The number of H-pyrrole nitrogens is 4. The number of aromatic amines is 4. The van der Waals surface area contributed by atoms with Crippen LogP contribution in [0.5, 0.6) is 0 Å². The summed E-state index contributed by atoms with van der Waals surface area (Å²) in [6, 6.07) is 35.5. The lowest BCUT2D eigenvalue weighted by molar-refractivity contribution is 0.114. The zero-order chi connectivity index (χ0) is 82.3. The van der Waals surface area contributed by atoms with Crippen molar-refractivity contribution in [3.05, 3.63) is 238 Å². The van der Waals surface area contributed by atoms with E-state index >= 15 is 0 Å². The molecular formula is C72H87N21O18P4. The Morgan fingerprint density at radius 3 is 1.03 bits per heavy atom. The first-order valence-corrected chi connectivity index (χ1v) is 43.8. The fourth-order valence-corrected chi connectivity index (χ4v) is 14.5. The fraction of sp³-hybridized carbons (Fsp3) is 0.319. The molecule has 0 aliphatic carbocycles. The van der Waals surface area contributed by atoms with Gasteiger partial charge in [0.15, 0.2) is 50.3 Å². The van der Waals surface area contributed by atoms with Crippen LogP contribution in [-0.2, 0) is 119 Å². The quantitative estimate of drug-likeness (QED) is 0.0104. The molecule has 9 heterocycles. The van der Waals surface area contributed by atoms with Gasteiger partial charge in [-0.1, -0.05) is 114 Å². The molecule has 0 aliphatic rings. The van der Waals surface area contributed by atoms with Crippen molar-refractivity contribution in [2.75, 3.05) is 94.7 Å². The first-order chi connectivity index (χ1) is 55.0. The molecule has 0 aliphatic heterocycles. The van der Waals surface area contributed by atoms with E-state index in [0.717, 1.165) is 39.1 Å². The summed E-state index contributed by atoms with van der Waals surface area (Å²) in [5.41, 5.74) is 29.4. The van der Waals surface area contributed by atoms with Gasteiger partial charge in [0, 0.05) is 46.2 Å². The van der Waals surface area contributed by atoms with Gasteiger partial charge in [-0.3, -0.25) is 61.9 Å². The van der Waals surface area contributed by atoms with Crippen LogP contribution in [0.25, 0.3) is 49.5 Å². The van der Waals surface area contributed by atoms with Gasteiger partial charge in [-0.25, -0.2) is 24.8 Å². The summed E-state index contributed by atoms with van der Waals surface area (Å²) in [6.07, 6.45) is 5.63. The number of nitrogen functional groups attached to an aromatic ring is 4. The van der Waals surface area contributed by atoms with Crippen molar-refractivity contribution in [1.29, 1.82) is 0 Å². The van der Waals surface area contributed by atoms with E-state index in [1.165, 1.54) is 32.0 Å². The van der Waals surface area contributed by atoms with E-state index in [0.29, 0.717) is 60.2 Å². The van der Waals surface area contributed by atoms with Crippen LogP contribution < -0.4 is 45.2 Å². The van der Waals surface area contributed by atoms with Crippen molar-refractivity contribution in [2.24, 2.45) is 0 Å². The van der Waals surface area contributed by atoms with Gasteiger partial charge in [-0.2, -0.15) is 19.9 Å². The van der Waals surface area contributed by atoms with Gasteiger partial charge >= 0.3 is 7.60 Å². The summed E-state index contributed by atoms with van der Waals surface area (Å²) in [5.74, 6) is 1.32. The Hall–Kier alpha value is -11.2. The van der Waals surface area contributed by atoms with Crippen molar-refractivity contribution >= 4 is 104 Å². The summed E-state index contributed by atoms with van der Waals surface area (Å²) < 4.78 is 113. The zero-order valence-electron chi connectivity index (χ0n) is 63.6. The van der Waals surface area contributed by atoms with Crippen LogP contribution in [0.4, 0.5) is 29.5 Å². The van der Waals surface area contributed by atoms with Crippen LogP contribution >= 0.6 is 29.7 Å². The molecule has 12 N–H and O–H groups in total. The van der Waals surface area contributed by atoms with E-state index in [1.54, 1.807) is 68.0 Å². The second-order valence-electron chi connectivity index (χ2n) is 26.2. The number of anilines is 4. The lowest BCUT2D eigenvalue weighted by Crippen LogP contribution is -2.13. The van der Waals surface area contributed by atoms with E-state index in [4.69, 9.17) is 75.5 Å². The molecule has 43 heteroatoms. The Morgan fingerprint density at radius 2 is 0.704 bits per heavy atom. The molecule has 39 nitrogen and oxygen atoms in total. The topological polar surface area (TPSA) is 527 Å². The predicted molar refractivity (Wildman–Crippen MR) is 431 cm³/mol. The minimum absolute atomic E-state index is 0.00163.